The molecule has 0 aromatic heterocycles. The molecule has 0 saturated heterocycles. The second kappa shape index (κ2) is 5.72. The maximum absolute atomic E-state index is 12.3. The average molecular weight is 328 g/mol. The molecule has 0 bridgehead atoms. The number of allylic oxidation sites excluding steroid dienone is 5. The lowest BCUT2D eigenvalue weighted by Gasteiger charge is -2.58. The van der Waals surface area contributed by atoms with Gasteiger partial charge in [-0.15, -0.1) is 0 Å². The van der Waals surface area contributed by atoms with Crippen LogP contribution in [0.4, 0.5) is 0 Å². The summed E-state index contributed by atoms with van der Waals surface area (Å²) in [7, 11) is 0. The van der Waals surface area contributed by atoms with Crippen LogP contribution in [0.15, 0.2) is 35.1 Å². The van der Waals surface area contributed by atoms with Gasteiger partial charge in [-0.05, 0) is 67.8 Å². The standard InChI is InChI=1S/C21H28O3/c1-13-6-5-7-18-20(13,3)9-8-14(2)21(18,4)12-15-10-16(22)11-17(23)19(15)24/h6,10-11,14,18,23H,5,7-9,12H2,1-4H3. The monoisotopic (exact) mass is 328 g/mol. The molecule has 130 valence electrons. The normalized spacial score (nSPS) is 39.8. The van der Waals surface area contributed by atoms with Gasteiger partial charge in [0.15, 0.2) is 11.5 Å². The smallest absolute Gasteiger partial charge is 0.223 e. The first kappa shape index (κ1) is 17.2. The summed E-state index contributed by atoms with van der Waals surface area (Å²) in [6.45, 7) is 9.17. The highest BCUT2D eigenvalue weighted by atomic mass is 16.3. The predicted octanol–water partition coefficient (Wildman–Crippen LogP) is 4.70. The van der Waals surface area contributed by atoms with Gasteiger partial charge in [-0.3, -0.25) is 9.59 Å². The molecule has 1 saturated carbocycles. The van der Waals surface area contributed by atoms with Crippen molar-refractivity contribution in [2.45, 2.75) is 59.8 Å². The molecule has 3 aliphatic rings. The number of hydrogen-bond acceptors (Lipinski definition) is 3. The SMILES string of the molecule is CC1=CCCC2C1(C)CCC(C)C2(C)CC1=CC(=O)C=C(O)C1=O. The number of hydrogen-bond donors (Lipinski definition) is 1. The highest BCUT2D eigenvalue weighted by Gasteiger charge is 2.53. The zero-order valence-electron chi connectivity index (χ0n) is 15.2. The van der Waals surface area contributed by atoms with Crippen molar-refractivity contribution < 1.29 is 14.7 Å². The molecule has 3 rings (SSSR count). The zero-order chi connectivity index (χ0) is 17.7. The van der Waals surface area contributed by atoms with Gasteiger partial charge in [0.25, 0.3) is 0 Å². The molecule has 0 aromatic carbocycles. The van der Waals surface area contributed by atoms with Crippen molar-refractivity contribution in [3.05, 3.63) is 35.1 Å². The van der Waals surface area contributed by atoms with Crippen molar-refractivity contribution in [3.8, 4) is 0 Å². The lowest BCUT2D eigenvalue weighted by molar-refractivity contribution is -0.118. The molecular formula is C21H28O3. The lowest BCUT2D eigenvalue weighted by atomic mass is 9.46. The molecule has 3 heteroatoms. The minimum atomic E-state index is -0.410. The topological polar surface area (TPSA) is 54.4 Å². The Balaban J connectivity index is 1.97. The summed E-state index contributed by atoms with van der Waals surface area (Å²) in [4.78, 5) is 24.1. The van der Waals surface area contributed by atoms with Crippen LogP contribution in [0.1, 0.15) is 59.8 Å². The molecule has 0 amide bonds. The minimum absolute atomic E-state index is 0.0398. The van der Waals surface area contributed by atoms with E-state index in [0.717, 1.165) is 25.3 Å². The van der Waals surface area contributed by atoms with Gasteiger partial charge >= 0.3 is 0 Å². The van der Waals surface area contributed by atoms with Crippen molar-refractivity contribution in [1.82, 2.24) is 0 Å². The molecule has 0 aliphatic heterocycles. The van der Waals surface area contributed by atoms with E-state index in [1.165, 1.54) is 18.1 Å². The number of rotatable bonds is 2. The third-order valence-corrected chi connectivity index (χ3v) is 7.29. The maximum atomic E-state index is 12.3. The number of Topliss-reactive ketones (excluding diaryl/α,β-unsaturated/α-hetero) is 1. The highest BCUT2D eigenvalue weighted by Crippen LogP contribution is 2.62. The Labute approximate surface area is 144 Å². The second-order valence-electron chi connectivity index (χ2n) is 8.49. The molecular weight excluding hydrogens is 300 g/mol. The average Bonchev–Trinajstić information content (AvgIpc) is 2.51. The van der Waals surface area contributed by atoms with E-state index in [-0.39, 0.29) is 22.4 Å². The molecule has 4 atom stereocenters. The fraction of sp³-hybridized carbons (Fsp3) is 0.619. The summed E-state index contributed by atoms with van der Waals surface area (Å²) in [6.07, 6.45) is 9.94. The van der Waals surface area contributed by atoms with Crippen molar-refractivity contribution >= 4 is 11.6 Å². The van der Waals surface area contributed by atoms with Gasteiger partial charge in [-0.1, -0.05) is 32.4 Å². The molecule has 4 unspecified atom stereocenters. The summed E-state index contributed by atoms with van der Waals surface area (Å²) >= 11 is 0. The van der Waals surface area contributed by atoms with Crippen LogP contribution in [0.5, 0.6) is 0 Å². The molecule has 1 fully saturated rings. The maximum Gasteiger partial charge on any atom is 0.223 e. The predicted molar refractivity (Wildman–Crippen MR) is 94.5 cm³/mol. The number of ketones is 2. The van der Waals surface area contributed by atoms with Gasteiger partial charge in [0, 0.05) is 11.6 Å². The summed E-state index contributed by atoms with van der Waals surface area (Å²) in [6, 6.07) is 0. The first-order valence-electron chi connectivity index (χ1n) is 9.05. The fourth-order valence-electron chi connectivity index (χ4n) is 5.39. The van der Waals surface area contributed by atoms with Crippen molar-refractivity contribution in [2.75, 3.05) is 0 Å². The van der Waals surface area contributed by atoms with E-state index in [2.05, 4.69) is 33.8 Å². The zero-order valence-corrected chi connectivity index (χ0v) is 15.2. The van der Waals surface area contributed by atoms with Crippen LogP contribution in [-0.4, -0.2) is 16.7 Å². The van der Waals surface area contributed by atoms with Gasteiger partial charge in [0.05, 0.1) is 0 Å². The van der Waals surface area contributed by atoms with Crippen LogP contribution in [0.2, 0.25) is 0 Å². The van der Waals surface area contributed by atoms with E-state index < -0.39 is 5.76 Å². The number of carbonyl (C=O) groups is 2. The van der Waals surface area contributed by atoms with Crippen LogP contribution in [0, 0.1) is 22.7 Å². The first-order valence-corrected chi connectivity index (χ1v) is 9.05. The van der Waals surface area contributed by atoms with Crippen molar-refractivity contribution in [1.29, 1.82) is 0 Å². The second-order valence-corrected chi connectivity index (χ2v) is 8.49. The van der Waals surface area contributed by atoms with Crippen LogP contribution in [0.3, 0.4) is 0 Å². The quantitative estimate of drug-likeness (QED) is 0.591. The number of fused-ring (bicyclic) bond motifs is 1. The van der Waals surface area contributed by atoms with Gasteiger partial charge in [0.1, 0.15) is 0 Å². The minimum Gasteiger partial charge on any atom is -0.504 e. The molecule has 1 N–H and O–H groups in total. The van der Waals surface area contributed by atoms with Crippen molar-refractivity contribution in [2.24, 2.45) is 22.7 Å². The van der Waals surface area contributed by atoms with E-state index in [4.69, 9.17) is 0 Å². The van der Waals surface area contributed by atoms with Gasteiger partial charge in [-0.25, -0.2) is 0 Å². The number of aliphatic hydroxyl groups is 1. The number of aliphatic hydroxyl groups excluding tert-OH is 1. The Kier molecular flexibility index (Phi) is 4.09. The van der Waals surface area contributed by atoms with E-state index >= 15 is 0 Å². The molecule has 3 nitrogen and oxygen atoms in total. The molecule has 0 aromatic rings. The van der Waals surface area contributed by atoms with Gasteiger partial charge < -0.3 is 5.11 Å². The third-order valence-electron chi connectivity index (χ3n) is 7.29. The van der Waals surface area contributed by atoms with Crippen LogP contribution >= 0.6 is 0 Å². The van der Waals surface area contributed by atoms with E-state index in [0.29, 0.717) is 23.8 Å². The Morgan fingerprint density at radius 2 is 1.92 bits per heavy atom. The Morgan fingerprint density at radius 1 is 1.21 bits per heavy atom. The van der Waals surface area contributed by atoms with E-state index in [1.807, 2.05) is 0 Å². The van der Waals surface area contributed by atoms with Gasteiger partial charge in [-0.2, -0.15) is 0 Å². The van der Waals surface area contributed by atoms with Crippen molar-refractivity contribution in [3.63, 3.8) is 0 Å². The molecule has 0 heterocycles. The lowest BCUT2D eigenvalue weighted by Crippen LogP contribution is -2.50. The number of carbonyl (C=O) groups excluding carboxylic acids is 2. The summed E-state index contributed by atoms with van der Waals surface area (Å²) in [5, 5.41) is 9.76. The Bertz CT molecular complexity index is 681. The highest BCUT2D eigenvalue weighted by molar-refractivity contribution is 6.19. The molecule has 0 radical (unpaired) electrons. The Hall–Kier alpha value is -1.64. The fourth-order valence-corrected chi connectivity index (χ4v) is 5.39. The Morgan fingerprint density at radius 3 is 2.62 bits per heavy atom. The molecule has 24 heavy (non-hydrogen) atoms. The summed E-state index contributed by atoms with van der Waals surface area (Å²) in [5.74, 6) is -0.0870. The van der Waals surface area contributed by atoms with Crippen LogP contribution in [-0.2, 0) is 9.59 Å². The molecule has 3 aliphatic carbocycles. The summed E-state index contributed by atoms with van der Waals surface area (Å²) in [5.41, 5.74) is 2.09. The van der Waals surface area contributed by atoms with E-state index in [9.17, 15) is 14.7 Å². The van der Waals surface area contributed by atoms with Crippen LogP contribution < -0.4 is 0 Å². The third kappa shape index (κ3) is 2.49. The van der Waals surface area contributed by atoms with E-state index in [1.54, 1.807) is 0 Å². The first-order chi connectivity index (χ1) is 11.2. The largest absolute Gasteiger partial charge is 0.504 e. The molecule has 0 spiro atoms. The summed E-state index contributed by atoms with van der Waals surface area (Å²) < 4.78 is 0. The van der Waals surface area contributed by atoms with Gasteiger partial charge in [0.2, 0.25) is 5.78 Å². The van der Waals surface area contributed by atoms with Crippen LogP contribution in [0.25, 0.3) is 0 Å².